The van der Waals surface area contributed by atoms with E-state index in [-0.39, 0.29) is 12.2 Å². The maximum Gasteiger partial charge on any atom is 0.142 e. The van der Waals surface area contributed by atoms with Gasteiger partial charge in [-0.1, -0.05) is 6.92 Å². The van der Waals surface area contributed by atoms with Crippen molar-refractivity contribution in [2.75, 3.05) is 6.54 Å². The molecule has 0 aliphatic rings. The van der Waals surface area contributed by atoms with E-state index in [0.717, 1.165) is 36.1 Å². The SMILES string of the molecule is CCNCc1nc(C)ccc1OCc1cc(F)ccc1F. The predicted molar refractivity (Wildman–Crippen MR) is 77.0 cm³/mol. The Balaban J connectivity index is 2.13. The van der Waals surface area contributed by atoms with Gasteiger partial charge in [0.25, 0.3) is 0 Å². The zero-order valence-corrected chi connectivity index (χ0v) is 12.1. The lowest BCUT2D eigenvalue weighted by atomic mass is 10.2. The van der Waals surface area contributed by atoms with Crippen LogP contribution in [0.1, 0.15) is 23.9 Å². The summed E-state index contributed by atoms with van der Waals surface area (Å²) in [4.78, 5) is 4.41. The Labute approximate surface area is 123 Å². The molecule has 0 aliphatic carbocycles. The maximum atomic E-state index is 13.6. The number of halogens is 2. The summed E-state index contributed by atoms with van der Waals surface area (Å²) in [5.74, 6) is -0.389. The molecule has 2 rings (SSSR count). The van der Waals surface area contributed by atoms with Crippen LogP contribution in [-0.2, 0) is 13.2 Å². The number of hydrogen-bond acceptors (Lipinski definition) is 3. The Bertz CT molecular complexity index is 617. The van der Waals surface area contributed by atoms with Crippen molar-refractivity contribution in [3.8, 4) is 5.75 Å². The molecule has 0 saturated carbocycles. The van der Waals surface area contributed by atoms with Gasteiger partial charge in [-0.3, -0.25) is 4.98 Å². The molecule has 0 atom stereocenters. The molecular formula is C16H18F2N2O. The fourth-order valence-corrected chi connectivity index (χ4v) is 1.91. The maximum absolute atomic E-state index is 13.6. The summed E-state index contributed by atoms with van der Waals surface area (Å²) < 4.78 is 32.3. The summed E-state index contributed by atoms with van der Waals surface area (Å²) in [6, 6.07) is 6.95. The fraction of sp³-hybridized carbons (Fsp3) is 0.312. The minimum absolute atomic E-state index is 0.0343. The van der Waals surface area contributed by atoms with Crippen molar-refractivity contribution in [1.29, 1.82) is 0 Å². The molecule has 5 heteroatoms. The molecule has 0 radical (unpaired) electrons. The number of pyridine rings is 1. The number of hydrogen-bond donors (Lipinski definition) is 1. The second-order valence-corrected chi connectivity index (χ2v) is 4.70. The van der Waals surface area contributed by atoms with Crippen LogP contribution in [0, 0.1) is 18.6 Å². The number of ether oxygens (including phenoxy) is 1. The summed E-state index contributed by atoms with van der Waals surface area (Å²) in [5.41, 5.74) is 1.82. The second kappa shape index (κ2) is 7.13. The van der Waals surface area contributed by atoms with Gasteiger partial charge in [-0.25, -0.2) is 8.78 Å². The number of aryl methyl sites for hydroxylation is 1. The van der Waals surface area contributed by atoms with Gasteiger partial charge in [-0.05, 0) is 43.8 Å². The topological polar surface area (TPSA) is 34.2 Å². The van der Waals surface area contributed by atoms with Crippen LogP contribution in [0.2, 0.25) is 0 Å². The molecule has 1 N–H and O–H groups in total. The second-order valence-electron chi connectivity index (χ2n) is 4.70. The lowest BCUT2D eigenvalue weighted by molar-refractivity contribution is 0.293. The Hall–Kier alpha value is -2.01. The summed E-state index contributed by atoms with van der Waals surface area (Å²) in [6.45, 7) is 5.24. The minimum atomic E-state index is -0.482. The summed E-state index contributed by atoms with van der Waals surface area (Å²) in [6.07, 6.45) is 0. The molecule has 0 amide bonds. The molecular weight excluding hydrogens is 274 g/mol. The lowest BCUT2D eigenvalue weighted by Crippen LogP contribution is -2.14. The van der Waals surface area contributed by atoms with Crippen LogP contribution in [0.3, 0.4) is 0 Å². The molecule has 0 spiro atoms. The van der Waals surface area contributed by atoms with E-state index in [1.54, 1.807) is 6.07 Å². The molecule has 1 heterocycles. The number of nitrogens with one attached hydrogen (secondary N) is 1. The van der Waals surface area contributed by atoms with E-state index in [4.69, 9.17) is 4.74 Å². The third-order valence-corrected chi connectivity index (χ3v) is 3.01. The molecule has 0 bridgehead atoms. The highest BCUT2D eigenvalue weighted by Crippen LogP contribution is 2.19. The molecule has 0 fully saturated rings. The molecule has 0 aliphatic heterocycles. The van der Waals surface area contributed by atoms with Crippen LogP contribution in [0.15, 0.2) is 30.3 Å². The van der Waals surface area contributed by atoms with Crippen LogP contribution in [0.4, 0.5) is 8.78 Å². The van der Waals surface area contributed by atoms with E-state index < -0.39 is 11.6 Å². The number of aromatic nitrogens is 1. The minimum Gasteiger partial charge on any atom is -0.487 e. The molecule has 21 heavy (non-hydrogen) atoms. The summed E-state index contributed by atoms with van der Waals surface area (Å²) in [7, 11) is 0. The highest BCUT2D eigenvalue weighted by atomic mass is 19.1. The standard InChI is InChI=1S/C16H18F2N2O/c1-3-19-9-15-16(7-4-11(2)20-15)21-10-12-8-13(17)5-6-14(12)18/h4-8,19H,3,9-10H2,1-2H3. The van der Waals surface area contributed by atoms with Gasteiger partial charge in [0.15, 0.2) is 0 Å². The lowest BCUT2D eigenvalue weighted by Gasteiger charge is -2.12. The van der Waals surface area contributed by atoms with Gasteiger partial charge < -0.3 is 10.1 Å². The van der Waals surface area contributed by atoms with Crippen LogP contribution >= 0.6 is 0 Å². The first-order chi connectivity index (χ1) is 10.1. The number of nitrogens with zero attached hydrogens (tertiary/aromatic N) is 1. The highest BCUT2D eigenvalue weighted by molar-refractivity contribution is 5.30. The molecule has 0 unspecified atom stereocenters. The van der Waals surface area contributed by atoms with Crippen molar-refractivity contribution in [2.45, 2.75) is 27.0 Å². The molecule has 1 aromatic heterocycles. The van der Waals surface area contributed by atoms with E-state index >= 15 is 0 Å². The Morgan fingerprint density at radius 1 is 1.19 bits per heavy atom. The van der Waals surface area contributed by atoms with Gasteiger partial charge >= 0.3 is 0 Å². The number of benzene rings is 1. The van der Waals surface area contributed by atoms with Crippen LogP contribution in [-0.4, -0.2) is 11.5 Å². The third-order valence-electron chi connectivity index (χ3n) is 3.01. The van der Waals surface area contributed by atoms with Gasteiger partial charge in [-0.15, -0.1) is 0 Å². The van der Waals surface area contributed by atoms with E-state index in [1.165, 1.54) is 0 Å². The first-order valence-electron chi connectivity index (χ1n) is 6.84. The monoisotopic (exact) mass is 292 g/mol. The summed E-state index contributed by atoms with van der Waals surface area (Å²) in [5, 5.41) is 3.17. The van der Waals surface area contributed by atoms with Crippen molar-refractivity contribution in [3.05, 3.63) is 58.9 Å². The highest BCUT2D eigenvalue weighted by Gasteiger charge is 2.09. The van der Waals surface area contributed by atoms with Gasteiger partial charge in [0.05, 0.1) is 5.69 Å². The van der Waals surface area contributed by atoms with Gasteiger partial charge in [0, 0.05) is 17.8 Å². The van der Waals surface area contributed by atoms with Gasteiger partial charge in [0.2, 0.25) is 0 Å². The van der Waals surface area contributed by atoms with Crippen LogP contribution < -0.4 is 10.1 Å². The molecule has 1 aromatic carbocycles. The fourth-order valence-electron chi connectivity index (χ4n) is 1.91. The average Bonchev–Trinajstić information content (AvgIpc) is 2.47. The molecule has 0 saturated heterocycles. The van der Waals surface area contributed by atoms with Crippen molar-refractivity contribution in [2.24, 2.45) is 0 Å². The Morgan fingerprint density at radius 2 is 2.00 bits per heavy atom. The average molecular weight is 292 g/mol. The Kier molecular flexibility index (Phi) is 5.22. The quantitative estimate of drug-likeness (QED) is 0.886. The van der Waals surface area contributed by atoms with E-state index in [0.29, 0.717) is 12.3 Å². The van der Waals surface area contributed by atoms with Crippen molar-refractivity contribution in [3.63, 3.8) is 0 Å². The predicted octanol–water partition coefficient (Wildman–Crippen LogP) is 3.36. The molecule has 2 aromatic rings. The van der Waals surface area contributed by atoms with E-state index in [2.05, 4.69) is 10.3 Å². The van der Waals surface area contributed by atoms with Crippen LogP contribution in [0.5, 0.6) is 5.75 Å². The zero-order valence-electron chi connectivity index (χ0n) is 12.1. The first kappa shape index (κ1) is 15.4. The van der Waals surface area contributed by atoms with Crippen molar-refractivity contribution < 1.29 is 13.5 Å². The first-order valence-corrected chi connectivity index (χ1v) is 6.84. The third kappa shape index (κ3) is 4.23. The summed E-state index contributed by atoms with van der Waals surface area (Å²) >= 11 is 0. The Morgan fingerprint density at radius 3 is 2.76 bits per heavy atom. The van der Waals surface area contributed by atoms with Gasteiger partial charge in [0.1, 0.15) is 24.0 Å². The molecule has 112 valence electrons. The van der Waals surface area contributed by atoms with E-state index in [9.17, 15) is 8.78 Å². The molecule has 3 nitrogen and oxygen atoms in total. The van der Waals surface area contributed by atoms with E-state index in [1.807, 2.05) is 19.9 Å². The van der Waals surface area contributed by atoms with Crippen molar-refractivity contribution >= 4 is 0 Å². The van der Waals surface area contributed by atoms with Gasteiger partial charge in [-0.2, -0.15) is 0 Å². The van der Waals surface area contributed by atoms with Crippen LogP contribution in [0.25, 0.3) is 0 Å². The van der Waals surface area contributed by atoms with Crippen molar-refractivity contribution in [1.82, 2.24) is 10.3 Å². The smallest absolute Gasteiger partial charge is 0.142 e. The number of rotatable bonds is 6. The normalized spacial score (nSPS) is 10.7. The largest absolute Gasteiger partial charge is 0.487 e. The zero-order chi connectivity index (χ0) is 15.2.